The van der Waals surface area contributed by atoms with Gasteiger partial charge in [-0.2, -0.15) is 8.42 Å². The van der Waals surface area contributed by atoms with Gasteiger partial charge in [-0.05, 0) is 0 Å². The second-order valence-electron chi connectivity index (χ2n) is 0.448. The fourth-order valence-electron chi connectivity index (χ4n) is 0. The molecule has 0 heterocycles. The first-order valence-electron chi connectivity index (χ1n) is 0.698. The Labute approximate surface area is 72.7 Å². The van der Waals surface area contributed by atoms with Crippen molar-refractivity contribution in [1.82, 2.24) is 0 Å². The van der Waals surface area contributed by atoms with Crippen LogP contribution in [0.4, 0.5) is 0 Å². The van der Waals surface area contributed by atoms with Gasteiger partial charge in [-0.1, -0.05) is 0 Å². The molecule has 8 heteroatoms. The van der Waals surface area contributed by atoms with Gasteiger partial charge >= 0.3 is 10.4 Å². The van der Waals surface area contributed by atoms with Crippen LogP contribution in [-0.2, 0) is 49.8 Å². The monoisotopic (exact) mass is 279 g/mol. The summed E-state index contributed by atoms with van der Waals surface area (Å²) in [7, 11) is -4.67. The quantitative estimate of drug-likeness (QED) is 0.416. The summed E-state index contributed by atoms with van der Waals surface area (Å²) < 4.78 is 31.6. The third-order valence-electron chi connectivity index (χ3n) is 0. The van der Waals surface area contributed by atoms with Crippen LogP contribution >= 0.6 is 0 Å². The van der Waals surface area contributed by atoms with Gasteiger partial charge in [-0.3, -0.25) is 9.11 Å². The fourth-order valence-corrected chi connectivity index (χ4v) is 0. The molecule has 0 fully saturated rings. The van der Waals surface area contributed by atoms with Crippen LogP contribution in [0.25, 0.3) is 0 Å². The van der Waals surface area contributed by atoms with Gasteiger partial charge in [-0.15, -0.1) is 0 Å². The molecule has 8 heavy (non-hydrogen) atoms. The molecule has 0 spiro atoms. The van der Waals surface area contributed by atoms with E-state index in [1.54, 1.807) is 0 Å². The van der Waals surface area contributed by atoms with E-state index >= 15 is 0 Å². The van der Waals surface area contributed by atoms with E-state index in [4.69, 9.17) is 17.5 Å². The van der Waals surface area contributed by atoms with Crippen LogP contribution in [0.5, 0.6) is 0 Å². The van der Waals surface area contributed by atoms with Crippen molar-refractivity contribution < 1.29 is 62.4 Å². The maximum atomic E-state index is 8.74. The molecule has 0 bridgehead atoms. The zero-order valence-corrected chi connectivity index (χ0v) is 6.68. The van der Waals surface area contributed by atoms with Gasteiger partial charge in [0, 0.05) is 39.4 Å². The molecule has 0 saturated heterocycles. The molecule has 0 aliphatic heterocycles. The van der Waals surface area contributed by atoms with Crippen LogP contribution in [0.15, 0.2) is 0 Å². The molecule has 0 aliphatic rings. The van der Waals surface area contributed by atoms with E-state index in [-0.39, 0.29) is 44.9 Å². The Morgan fingerprint density at radius 1 is 1.12 bits per heavy atom. The largest absolute Gasteiger partial charge is 0.412 e. The molecule has 5 nitrogen and oxygen atoms in total. The SMILES string of the molecule is O.O=S(=O)(O)O.[Ag].[Fe]. The van der Waals surface area contributed by atoms with Gasteiger partial charge < -0.3 is 5.48 Å². The minimum Gasteiger partial charge on any atom is -0.412 e. The maximum absolute atomic E-state index is 8.74. The molecule has 0 rings (SSSR count). The maximum Gasteiger partial charge on any atom is 0.394 e. The number of hydrogen-bond donors (Lipinski definition) is 2. The first kappa shape index (κ1) is 23.0. The Morgan fingerprint density at radius 3 is 1.12 bits per heavy atom. The Bertz CT molecular complexity index is 95.6. The third kappa shape index (κ3) is 221. The molecule has 59 valence electrons. The summed E-state index contributed by atoms with van der Waals surface area (Å²) in [5.41, 5.74) is 0. The second-order valence-corrected chi connectivity index (χ2v) is 1.34. The predicted octanol–water partition coefficient (Wildman–Crippen LogP) is -1.48. The summed E-state index contributed by atoms with van der Waals surface area (Å²) >= 11 is 0. The molecule has 0 aromatic heterocycles. The van der Waals surface area contributed by atoms with E-state index < -0.39 is 10.4 Å². The molecule has 4 N–H and O–H groups in total. The zero-order valence-electron chi connectivity index (χ0n) is 3.27. The summed E-state index contributed by atoms with van der Waals surface area (Å²) in [5, 5.41) is 0. The van der Waals surface area contributed by atoms with Crippen molar-refractivity contribution in [2.24, 2.45) is 0 Å². The summed E-state index contributed by atoms with van der Waals surface area (Å²) in [5.74, 6) is 0. The average molecular weight is 280 g/mol. The predicted molar refractivity (Wildman–Crippen MR) is 17.8 cm³/mol. The first-order valence-corrected chi connectivity index (χ1v) is 2.10. The normalized spacial score (nSPS) is 7.25. The van der Waals surface area contributed by atoms with Gasteiger partial charge in [0.2, 0.25) is 0 Å². The van der Waals surface area contributed by atoms with Crippen molar-refractivity contribution in [1.29, 1.82) is 0 Å². The fraction of sp³-hybridized carbons (Fsp3) is 0. The van der Waals surface area contributed by atoms with Crippen LogP contribution in [0.1, 0.15) is 0 Å². The van der Waals surface area contributed by atoms with E-state index in [1.807, 2.05) is 0 Å². The molecular weight excluding hydrogens is 276 g/mol. The van der Waals surface area contributed by atoms with E-state index in [1.165, 1.54) is 0 Å². The Morgan fingerprint density at radius 2 is 1.12 bits per heavy atom. The molecule has 0 aliphatic carbocycles. The Kier molecular flexibility index (Phi) is 23.2. The summed E-state index contributed by atoms with van der Waals surface area (Å²) in [6, 6.07) is 0. The molecule has 0 aromatic rings. The second kappa shape index (κ2) is 8.09. The molecule has 0 atom stereocenters. The summed E-state index contributed by atoms with van der Waals surface area (Å²) in [6.45, 7) is 0. The Balaban J connectivity index is -0.0000000267. The van der Waals surface area contributed by atoms with Crippen molar-refractivity contribution in [2.75, 3.05) is 0 Å². The standard InChI is InChI=1S/Ag.Fe.H2O4S.H2O/c;;1-5(2,3)4;/h;;(H2,1,2,3,4);1H2. The number of rotatable bonds is 0. The van der Waals surface area contributed by atoms with Crippen molar-refractivity contribution >= 4 is 10.4 Å². The Hall–Kier alpha value is 1.09. The average Bonchev–Trinajstić information content (AvgIpc) is 0.722. The summed E-state index contributed by atoms with van der Waals surface area (Å²) in [4.78, 5) is 0. The van der Waals surface area contributed by atoms with Crippen LogP contribution in [0, 0.1) is 0 Å². The first-order chi connectivity index (χ1) is 2.00. The van der Waals surface area contributed by atoms with Crippen LogP contribution in [-0.4, -0.2) is 23.0 Å². The van der Waals surface area contributed by atoms with Gasteiger partial charge in [0.05, 0.1) is 0 Å². The zero-order chi connectivity index (χ0) is 4.50. The van der Waals surface area contributed by atoms with Gasteiger partial charge in [-0.25, -0.2) is 0 Å². The van der Waals surface area contributed by atoms with Crippen molar-refractivity contribution in [3.8, 4) is 0 Å². The van der Waals surface area contributed by atoms with Gasteiger partial charge in [0.15, 0.2) is 0 Å². The summed E-state index contributed by atoms with van der Waals surface area (Å²) in [6.07, 6.45) is 0. The van der Waals surface area contributed by atoms with E-state index in [9.17, 15) is 0 Å². The van der Waals surface area contributed by atoms with E-state index in [0.29, 0.717) is 0 Å². The molecule has 0 amide bonds. The van der Waals surface area contributed by atoms with Crippen LogP contribution in [0.2, 0.25) is 0 Å². The third-order valence-corrected chi connectivity index (χ3v) is 0. The van der Waals surface area contributed by atoms with E-state index in [2.05, 4.69) is 0 Å². The molecular formula is H4AgFeO5S. The molecule has 0 saturated carbocycles. The van der Waals surface area contributed by atoms with E-state index in [0.717, 1.165) is 0 Å². The van der Waals surface area contributed by atoms with Crippen molar-refractivity contribution in [3.05, 3.63) is 0 Å². The van der Waals surface area contributed by atoms with Crippen LogP contribution in [0.3, 0.4) is 0 Å². The molecule has 0 aromatic carbocycles. The smallest absolute Gasteiger partial charge is 0.394 e. The minimum atomic E-state index is -4.67. The topological polar surface area (TPSA) is 106 Å². The van der Waals surface area contributed by atoms with Gasteiger partial charge in [0.1, 0.15) is 0 Å². The number of hydrogen-bond acceptors (Lipinski definition) is 2. The molecule has 1 radical (unpaired) electrons. The molecule has 0 unspecified atom stereocenters. The van der Waals surface area contributed by atoms with Crippen molar-refractivity contribution in [2.45, 2.75) is 0 Å². The van der Waals surface area contributed by atoms with Crippen molar-refractivity contribution in [3.63, 3.8) is 0 Å². The van der Waals surface area contributed by atoms with Crippen LogP contribution < -0.4 is 0 Å². The minimum absolute atomic E-state index is 0. The van der Waals surface area contributed by atoms with Gasteiger partial charge in [0.25, 0.3) is 0 Å².